The Bertz CT molecular complexity index is 256. The number of allylic oxidation sites excluding steroid dienone is 1. The van der Waals surface area contributed by atoms with Crippen molar-refractivity contribution >= 4 is 11.8 Å². The van der Waals surface area contributed by atoms with Crippen LogP contribution in [0.15, 0.2) is 12.7 Å². The minimum atomic E-state index is -0.675. The second-order valence-electron chi connectivity index (χ2n) is 3.43. The summed E-state index contributed by atoms with van der Waals surface area (Å²) in [5.41, 5.74) is 5.15. The van der Waals surface area contributed by atoms with Crippen LogP contribution in [0.5, 0.6) is 0 Å². The van der Waals surface area contributed by atoms with Crippen molar-refractivity contribution in [2.75, 3.05) is 26.9 Å². The number of hydrogen-bond donors (Lipinski definition) is 2. The van der Waals surface area contributed by atoms with E-state index in [1.54, 1.807) is 13.2 Å². The lowest BCUT2D eigenvalue weighted by Gasteiger charge is -2.14. The van der Waals surface area contributed by atoms with Gasteiger partial charge in [0.15, 0.2) is 0 Å². The molecule has 0 bridgehead atoms. The maximum Gasteiger partial charge on any atom is 0.246 e. The maximum atomic E-state index is 11.4. The minimum Gasteiger partial charge on any atom is -0.382 e. The molecule has 6 nitrogen and oxygen atoms in total. The molecule has 2 amide bonds. The van der Waals surface area contributed by atoms with Gasteiger partial charge in [-0.2, -0.15) is 0 Å². The van der Waals surface area contributed by atoms with Gasteiger partial charge in [-0.25, -0.2) is 0 Å². The second-order valence-corrected chi connectivity index (χ2v) is 3.43. The van der Waals surface area contributed by atoms with Crippen LogP contribution < -0.4 is 11.1 Å². The SMILES string of the molecule is C=CCC[C@H](NC(=O)COCCOC)C(N)=O. The number of methoxy groups -OCH3 is 1. The summed E-state index contributed by atoms with van der Waals surface area (Å²) < 4.78 is 9.77. The zero-order valence-electron chi connectivity index (χ0n) is 10.1. The minimum absolute atomic E-state index is 0.110. The molecule has 0 aromatic heterocycles. The van der Waals surface area contributed by atoms with E-state index in [4.69, 9.17) is 15.2 Å². The largest absolute Gasteiger partial charge is 0.382 e. The summed E-state index contributed by atoms with van der Waals surface area (Å²) in [7, 11) is 1.54. The van der Waals surface area contributed by atoms with Crippen molar-refractivity contribution in [1.29, 1.82) is 0 Å². The third-order valence-corrected chi connectivity index (χ3v) is 2.00. The molecule has 0 aromatic carbocycles. The van der Waals surface area contributed by atoms with Gasteiger partial charge in [0.05, 0.1) is 13.2 Å². The average Bonchev–Trinajstić information content (AvgIpc) is 2.29. The van der Waals surface area contributed by atoms with Crippen molar-refractivity contribution in [2.24, 2.45) is 5.73 Å². The van der Waals surface area contributed by atoms with Gasteiger partial charge >= 0.3 is 0 Å². The van der Waals surface area contributed by atoms with E-state index in [1.165, 1.54) is 0 Å². The Labute approximate surface area is 101 Å². The highest BCUT2D eigenvalue weighted by Gasteiger charge is 2.16. The lowest BCUT2D eigenvalue weighted by molar-refractivity contribution is -0.130. The fourth-order valence-corrected chi connectivity index (χ4v) is 1.11. The monoisotopic (exact) mass is 244 g/mol. The van der Waals surface area contributed by atoms with E-state index >= 15 is 0 Å². The molecule has 0 aliphatic heterocycles. The molecule has 0 aliphatic carbocycles. The summed E-state index contributed by atoms with van der Waals surface area (Å²) in [6.45, 7) is 4.18. The first kappa shape index (κ1) is 15.6. The van der Waals surface area contributed by atoms with Gasteiger partial charge in [-0.05, 0) is 12.8 Å². The van der Waals surface area contributed by atoms with Crippen LogP contribution in [-0.4, -0.2) is 44.8 Å². The van der Waals surface area contributed by atoms with Crippen molar-refractivity contribution in [3.63, 3.8) is 0 Å². The van der Waals surface area contributed by atoms with Crippen LogP contribution in [0.2, 0.25) is 0 Å². The van der Waals surface area contributed by atoms with E-state index in [-0.39, 0.29) is 12.5 Å². The number of amides is 2. The van der Waals surface area contributed by atoms with Gasteiger partial charge in [0.1, 0.15) is 12.6 Å². The molecular weight excluding hydrogens is 224 g/mol. The quantitative estimate of drug-likeness (QED) is 0.403. The van der Waals surface area contributed by atoms with Crippen molar-refractivity contribution in [2.45, 2.75) is 18.9 Å². The van der Waals surface area contributed by atoms with Crippen LogP contribution in [0.25, 0.3) is 0 Å². The topological polar surface area (TPSA) is 90.7 Å². The Kier molecular flexibility index (Phi) is 8.99. The fourth-order valence-electron chi connectivity index (χ4n) is 1.11. The molecule has 0 spiro atoms. The van der Waals surface area contributed by atoms with Gasteiger partial charge in [0.25, 0.3) is 0 Å². The zero-order chi connectivity index (χ0) is 13.1. The van der Waals surface area contributed by atoms with E-state index in [9.17, 15) is 9.59 Å². The summed E-state index contributed by atoms with van der Waals surface area (Å²) in [5.74, 6) is -0.925. The maximum absolute atomic E-state index is 11.4. The van der Waals surface area contributed by atoms with Crippen LogP contribution >= 0.6 is 0 Å². The van der Waals surface area contributed by atoms with Gasteiger partial charge in [0.2, 0.25) is 11.8 Å². The first-order valence-corrected chi connectivity index (χ1v) is 5.38. The van der Waals surface area contributed by atoms with E-state index in [2.05, 4.69) is 11.9 Å². The lowest BCUT2D eigenvalue weighted by atomic mass is 10.1. The van der Waals surface area contributed by atoms with E-state index < -0.39 is 11.9 Å². The van der Waals surface area contributed by atoms with Crippen LogP contribution in [0, 0.1) is 0 Å². The summed E-state index contributed by atoms with van der Waals surface area (Å²) in [5, 5.41) is 2.50. The van der Waals surface area contributed by atoms with Crippen molar-refractivity contribution in [3.8, 4) is 0 Å². The van der Waals surface area contributed by atoms with Gasteiger partial charge in [-0.1, -0.05) is 6.08 Å². The zero-order valence-corrected chi connectivity index (χ0v) is 10.1. The Morgan fingerprint density at radius 3 is 2.71 bits per heavy atom. The summed E-state index contributed by atoms with van der Waals surface area (Å²) in [4.78, 5) is 22.4. The highest BCUT2D eigenvalue weighted by Crippen LogP contribution is 1.97. The molecular formula is C11H20N2O4. The Balaban J connectivity index is 3.86. The molecule has 0 saturated carbocycles. The predicted molar refractivity (Wildman–Crippen MR) is 63.3 cm³/mol. The number of hydrogen-bond acceptors (Lipinski definition) is 4. The Hall–Kier alpha value is -1.40. The van der Waals surface area contributed by atoms with Crippen molar-refractivity contribution in [3.05, 3.63) is 12.7 Å². The molecule has 3 N–H and O–H groups in total. The fraction of sp³-hybridized carbons (Fsp3) is 0.636. The van der Waals surface area contributed by atoms with Gasteiger partial charge in [-0.15, -0.1) is 6.58 Å². The van der Waals surface area contributed by atoms with Crippen LogP contribution in [0.1, 0.15) is 12.8 Å². The second kappa shape index (κ2) is 9.80. The van der Waals surface area contributed by atoms with Crippen molar-refractivity contribution in [1.82, 2.24) is 5.32 Å². The molecule has 0 aliphatic rings. The summed E-state index contributed by atoms with van der Waals surface area (Å²) >= 11 is 0. The van der Waals surface area contributed by atoms with Gasteiger partial charge in [-0.3, -0.25) is 9.59 Å². The first-order chi connectivity index (χ1) is 8.11. The molecule has 0 saturated heterocycles. The highest BCUT2D eigenvalue weighted by atomic mass is 16.5. The number of carbonyl (C=O) groups excluding carboxylic acids is 2. The molecule has 17 heavy (non-hydrogen) atoms. The van der Waals surface area contributed by atoms with E-state index in [1.807, 2.05) is 0 Å². The number of ether oxygens (including phenoxy) is 2. The first-order valence-electron chi connectivity index (χ1n) is 5.38. The molecule has 0 rings (SSSR count). The molecule has 0 fully saturated rings. The molecule has 0 unspecified atom stereocenters. The third-order valence-electron chi connectivity index (χ3n) is 2.00. The third kappa shape index (κ3) is 8.41. The van der Waals surface area contributed by atoms with E-state index in [0.717, 1.165) is 0 Å². The molecule has 98 valence electrons. The standard InChI is InChI=1S/C11H20N2O4/c1-3-4-5-9(11(12)15)13-10(14)8-17-7-6-16-2/h3,9H,1,4-8H2,2H3,(H2,12,15)(H,13,14)/t9-/m0/s1. The molecule has 1 atom stereocenters. The highest BCUT2D eigenvalue weighted by molar-refractivity contribution is 5.86. The normalized spacial score (nSPS) is 11.8. The number of nitrogens with two attached hydrogens (primary N) is 1. The van der Waals surface area contributed by atoms with Crippen LogP contribution in [0.3, 0.4) is 0 Å². The van der Waals surface area contributed by atoms with Crippen LogP contribution in [0.4, 0.5) is 0 Å². The Morgan fingerprint density at radius 2 is 2.18 bits per heavy atom. The smallest absolute Gasteiger partial charge is 0.246 e. The molecule has 0 heterocycles. The average molecular weight is 244 g/mol. The summed E-state index contributed by atoms with van der Waals surface area (Å²) in [6.07, 6.45) is 2.72. The number of primary amides is 1. The molecule has 6 heteroatoms. The van der Waals surface area contributed by atoms with Crippen molar-refractivity contribution < 1.29 is 19.1 Å². The van der Waals surface area contributed by atoms with Gasteiger partial charge in [0, 0.05) is 7.11 Å². The number of rotatable bonds is 10. The van der Waals surface area contributed by atoms with E-state index in [0.29, 0.717) is 26.1 Å². The van der Waals surface area contributed by atoms with Crippen LogP contribution in [-0.2, 0) is 19.1 Å². The lowest BCUT2D eigenvalue weighted by Crippen LogP contribution is -2.45. The molecule has 0 radical (unpaired) electrons. The van der Waals surface area contributed by atoms with Gasteiger partial charge < -0.3 is 20.5 Å². The predicted octanol–water partition coefficient (Wildman–Crippen LogP) is -0.414. The Morgan fingerprint density at radius 1 is 1.47 bits per heavy atom. The number of nitrogens with one attached hydrogen (secondary N) is 1. The molecule has 0 aromatic rings. The number of carbonyl (C=O) groups is 2. The summed E-state index contributed by atoms with van der Waals surface area (Å²) in [6, 6.07) is -0.675.